The van der Waals surface area contributed by atoms with Crippen molar-refractivity contribution in [3.05, 3.63) is 0 Å². The average molecular weight is 278 g/mol. The van der Waals surface area contributed by atoms with Crippen molar-refractivity contribution in [3.63, 3.8) is 0 Å². The van der Waals surface area contributed by atoms with Crippen molar-refractivity contribution in [2.45, 2.75) is 49.5 Å². The van der Waals surface area contributed by atoms with Crippen molar-refractivity contribution in [2.75, 3.05) is 18.1 Å². The molecular weight excluding hydrogens is 258 g/mol. The summed E-state index contributed by atoms with van der Waals surface area (Å²) < 4.78 is 0. The molecule has 2 fully saturated rings. The van der Waals surface area contributed by atoms with E-state index in [4.69, 9.17) is 0 Å². The number of fused-ring (bicyclic) bond motifs is 2. The Hall–Kier alpha value is 0.790. The molecule has 3 heteroatoms. The fraction of sp³-hybridized carbons (Fsp3) is 1.00. The van der Waals surface area contributed by atoms with Crippen LogP contribution in [0.4, 0.5) is 0 Å². The van der Waals surface area contributed by atoms with E-state index in [-0.39, 0.29) is 0 Å². The molecule has 0 radical (unpaired) electrons. The number of hydrogen-bond acceptors (Lipinski definition) is 2. The van der Waals surface area contributed by atoms with Gasteiger partial charge in [0.15, 0.2) is 0 Å². The molecule has 0 aromatic heterocycles. The number of hydrogen-bond donors (Lipinski definition) is 0. The highest BCUT2D eigenvalue weighted by Gasteiger charge is 2.39. The molecular formula is C11H20BrNS. The van der Waals surface area contributed by atoms with Gasteiger partial charge in [-0.2, -0.15) is 11.8 Å². The summed E-state index contributed by atoms with van der Waals surface area (Å²) in [5.41, 5.74) is 0. The second kappa shape index (κ2) is 5.22. The summed E-state index contributed by atoms with van der Waals surface area (Å²) in [6, 6.07) is 1.80. The van der Waals surface area contributed by atoms with E-state index < -0.39 is 0 Å². The van der Waals surface area contributed by atoms with E-state index in [9.17, 15) is 0 Å². The summed E-state index contributed by atoms with van der Waals surface area (Å²) in [5, 5.41) is 0. The Labute approximate surface area is 100 Å². The lowest BCUT2D eigenvalue weighted by molar-refractivity contribution is 0.155. The molecule has 2 rings (SSSR count). The van der Waals surface area contributed by atoms with Crippen LogP contribution in [0.3, 0.4) is 0 Å². The summed E-state index contributed by atoms with van der Waals surface area (Å²) in [7, 11) is 0. The number of halogens is 1. The van der Waals surface area contributed by atoms with Gasteiger partial charge < -0.3 is 0 Å². The Balaban J connectivity index is 1.82. The Morgan fingerprint density at radius 1 is 1.29 bits per heavy atom. The number of thioether (sulfide) groups is 1. The van der Waals surface area contributed by atoms with Gasteiger partial charge in [-0.25, -0.2) is 0 Å². The summed E-state index contributed by atoms with van der Waals surface area (Å²) >= 11 is 5.87. The molecule has 2 heterocycles. The summed E-state index contributed by atoms with van der Waals surface area (Å²) in [6.07, 6.45) is 5.66. The molecule has 0 amide bonds. The number of alkyl halides is 1. The minimum Gasteiger partial charge on any atom is -0.297 e. The van der Waals surface area contributed by atoms with Crippen molar-refractivity contribution in [2.24, 2.45) is 0 Å². The monoisotopic (exact) mass is 277 g/mol. The van der Waals surface area contributed by atoms with Gasteiger partial charge in [0.25, 0.3) is 0 Å². The molecule has 0 aromatic rings. The molecule has 2 bridgehead atoms. The van der Waals surface area contributed by atoms with Gasteiger partial charge in [-0.3, -0.25) is 4.90 Å². The first-order valence-corrected chi connectivity index (χ1v) is 7.86. The minimum absolute atomic E-state index is 0.801. The summed E-state index contributed by atoms with van der Waals surface area (Å²) in [6.45, 7) is 3.58. The van der Waals surface area contributed by atoms with Crippen LogP contribution in [0.5, 0.6) is 0 Å². The first-order chi connectivity index (χ1) is 6.81. The van der Waals surface area contributed by atoms with E-state index in [0.717, 1.165) is 16.9 Å². The van der Waals surface area contributed by atoms with Crippen LogP contribution in [0.15, 0.2) is 0 Å². The molecule has 0 saturated carbocycles. The van der Waals surface area contributed by atoms with Crippen LogP contribution in [0.1, 0.15) is 32.6 Å². The maximum absolute atomic E-state index is 3.79. The maximum Gasteiger partial charge on any atom is 0.0175 e. The lowest BCUT2D eigenvalue weighted by Crippen LogP contribution is -2.44. The molecule has 1 nitrogen and oxygen atoms in total. The van der Waals surface area contributed by atoms with E-state index in [2.05, 4.69) is 39.5 Å². The lowest BCUT2D eigenvalue weighted by atomic mass is 10.0. The fourth-order valence-corrected chi connectivity index (χ4v) is 4.38. The highest BCUT2D eigenvalue weighted by atomic mass is 79.9. The van der Waals surface area contributed by atoms with E-state index in [1.54, 1.807) is 0 Å². The fourth-order valence-electron chi connectivity index (χ4n) is 2.89. The van der Waals surface area contributed by atoms with Gasteiger partial charge in [0, 0.05) is 29.2 Å². The average Bonchev–Trinajstić information content (AvgIpc) is 2.42. The predicted molar refractivity (Wildman–Crippen MR) is 68.5 cm³/mol. The zero-order valence-electron chi connectivity index (χ0n) is 8.92. The van der Waals surface area contributed by atoms with Gasteiger partial charge in [0.2, 0.25) is 0 Å². The van der Waals surface area contributed by atoms with Crippen LogP contribution in [0.2, 0.25) is 0 Å². The zero-order chi connectivity index (χ0) is 9.97. The Kier molecular flexibility index (Phi) is 4.21. The zero-order valence-corrected chi connectivity index (χ0v) is 11.3. The van der Waals surface area contributed by atoms with Gasteiger partial charge in [-0.1, -0.05) is 22.9 Å². The quantitative estimate of drug-likeness (QED) is 0.574. The van der Waals surface area contributed by atoms with Crippen LogP contribution in [0.25, 0.3) is 0 Å². The molecule has 0 spiro atoms. The van der Waals surface area contributed by atoms with Gasteiger partial charge >= 0.3 is 0 Å². The summed E-state index contributed by atoms with van der Waals surface area (Å²) in [4.78, 5) is 3.58. The first kappa shape index (κ1) is 11.3. The smallest absolute Gasteiger partial charge is 0.0175 e. The molecule has 0 N–H and O–H groups in total. The number of piperidine rings is 1. The highest BCUT2D eigenvalue weighted by Crippen LogP contribution is 2.38. The molecule has 2 aliphatic rings. The van der Waals surface area contributed by atoms with Crippen molar-refractivity contribution < 1.29 is 0 Å². The van der Waals surface area contributed by atoms with Crippen LogP contribution >= 0.6 is 27.7 Å². The normalized spacial score (nSPS) is 37.7. The van der Waals surface area contributed by atoms with Gasteiger partial charge in [-0.05, 0) is 31.4 Å². The first-order valence-electron chi connectivity index (χ1n) is 5.78. The predicted octanol–water partition coefficient (Wildman–Crippen LogP) is 3.13. The number of rotatable bonds is 4. The molecule has 2 aliphatic heterocycles. The second-order valence-corrected chi connectivity index (χ2v) is 7.08. The largest absolute Gasteiger partial charge is 0.297 e. The molecule has 2 atom stereocenters. The standard InChI is InChI=1S/C11H20BrNS/c1-2-14-6-5-13-10-3-4-11(13)8-9(12)7-10/h9-11H,2-8H2,1H3. The lowest BCUT2D eigenvalue weighted by Gasteiger charge is -2.37. The van der Waals surface area contributed by atoms with Crippen molar-refractivity contribution in [3.8, 4) is 0 Å². The van der Waals surface area contributed by atoms with Crippen LogP contribution in [-0.4, -0.2) is 39.9 Å². The van der Waals surface area contributed by atoms with Crippen LogP contribution in [-0.2, 0) is 0 Å². The molecule has 0 aromatic carbocycles. The van der Waals surface area contributed by atoms with Crippen LogP contribution in [0, 0.1) is 0 Å². The minimum atomic E-state index is 0.801. The van der Waals surface area contributed by atoms with Crippen molar-refractivity contribution in [1.29, 1.82) is 0 Å². The highest BCUT2D eigenvalue weighted by molar-refractivity contribution is 9.09. The molecule has 2 unspecified atom stereocenters. The third-order valence-electron chi connectivity index (χ3n) is 3.52. The molecule has 2 saturated heterocycles. The topological polar surface area (TPSA) is 3.24 Å². The van der Waals surface area contributed by atoms with Gasteiger partial charge in [0.05, 0.1) is 0 Å². The van der Waals surface area contributed by atoms with Crippen LogP contribution < -0.4 is 0 Å². The SMILES string of the molecule is CCSCCN1C2CCC1CC(Br)C2. The van der Waals surface area contributed by atoms with E-state index in [1.165, 1.54) is 43.7 Å². The molecule has 82 valence electrons. The van der Waals surface area contributed by atoms with Crippen molar-refractivity contribution in [1.82, 2.24) is 4.90 Å². The Bertz CT molecular complexity index is 174. The Morgan fingerprint density at radius 2 is 1.93 bits per heavy atom. The van der Waals surface area contributed by atoms with E-state index in [1.807, 2.05) is 0 Å². The van der Waals surface area contributed by atoms with Crippen molar-refractivity contribution >= 4 is 27.7 Å². The van der Waals surface area contributed by atoms with E-state index >= 15 is 0 Å². The second-order valence-electron chi connectivity index (χ2n) is 4.39. The molecule has 14 heavy (non-hydrogen) atoms. The van der Waals surface area contributed by atoms with Gasteiger partial charge in [0.1, 0.15) is 0 Å². The third-order valence-corrected chi connectivity index (χ3v) is 5.15. The summed E-state index contributed by atoms with van der Waals surface area (Å²) in [5.74, 6) is 2.60. The third kappa shape index (κ3) is 2.48. The van der Waals surface area contributed by atoms with E-state index in [0.29, 0.717) is 0 Å². The molecule has 0 aliphatic carbocycles. The maximum atomic E-state index is 3.79. The Morgan fingerprint density at radius 3 is 2.50 bits per heavy atom. The van der Waals surface area contributed by atoms with Gasteiger partial charge in [-0.15, -0.1) is 0 Å². The number of nitrogens with zero attached hydrogens (tertiary/aromatic N) is 1.